The maximum Gasteiger partial charge on any atom is 0.417 e. The van der Waals surface area contributed by atoms with E-state index < -0.39 is 46.7 Å². The Balaban J connectivity index is 1.81. The molecular formula is C23H19F4N3O4. The molecule has 7 nitrogen and oxygen atoms in total. The fourth-order valence-corrected chi connectivity index (χ4v) is 3.09. The van der Waals surface area contributed by atoms with Gasteiger partial charge in [-0.2, -0.15) is 13.2 Å². The predicted molar refractivity (Wildman–Crippen MR) is 115 cm³/mol. The SMILES string of the molecule is COc1ccc(C(Cc2ccc(F)cc2)NC(=O)C(=O)Nc2cc(C(F)(F)F)c[nH]c2=O)cc1. The van der Waals surface area contributed by atoms with Crippen LogP contribution in [0.2, 0.25) is 0 Å². The molecule has 2 aromatic carbocycles. The van der Waals surface area contributed by atoms with Crippen molar-refractivity contribution in [2.45, 2.75) is 18.6 Å². The van der Waals surface area contributed by atoms with E-state index in [-0.39, 0.29) is 6.42 Å². The van der Waals surface area contributed by atoms with Gasteiger partial charge in [-0.05, 0) is 47.9 Å². The topological polar surface area (TPSA) is 100 Å². The maximum atomic E-state index is 13.3. The number of nitrogens with one attached hydrogen (secondary N) is 3. The van der Waals surface area contributed by atoms with Crippen LogP contribution in [0.25, 0.3) is 0 Å². The zero-order valence-electron chi connectivity index (χ0n) is 17.7. The van der Waals surface area contributed by atoms with Crippen LogP contribution in [0, 0.1) is 5.82 Å². The minimum Gasteiger partial charge on any atom is -0.497 e. The summed E-state index contributed by atoms with van der Waals surface area (Å²) in [5.41, 5.74) is -1.70. The Morgan fingerprint density at radius 2 is 1.68 bits per heavy atom. The number of rotatable bonds is 6. The number of hydrogen-bond donors (Lipinski definition) is 3. The molecule has 3 rings (SSSR count). The Kier molecular flexibility index (Phi) is 7.34. The molecule has 0 aliphatic carbocycles. The number of H-pyrrole nitrogens is 1. The summed E-state index contributed by atoms with van der Waals surface area (Å²) in [4.78, 5) is 38.6. The fraction of sp³-hybridized carbons (Fsp3) is 0.174. The lowest BCUT2D eigenvalue weighted by Gasteiger charge is -2.20. The Bertz CT molecular complexity index is 1220. The Morgan fingerprint density at radius 3 is 2.26 bits per heavy atom. The first-order chi connectivity index (χ1) is 16.1. The summed E-state index contributed by atoms with van der Waals surface area (Å²) in [6.45, 7) is 0. The molecule has 11 heteroatoms. The quantitative estimate of drug-likeness (QED) is 0.373. The Morgan fingerprint density at radius 1 is 1.03 bits per heavy atom. The third-order valence-electron chi connectivity index (χ3n) is 4.86. The van der Waals surface area contributed by atoms with Crippen molar-refractivity contribution >= 4 is 17.5 Å². The van der Waals surface area contributed by atoms with Gasteiger partial charge in [0.1, 0.15) is 17.3 Å². The van der Waals surface area contributed by atoms with E-state index in [4.69, 9.17) is 4.74 Å². The van der Waals surface area contributed by atoms with E-state index in [1.54, 1.807) is 24.3 Å². The van der Waals surface area contributed by atoms with Crippen molar-refractivity contribution in [1.82, 2.24) is 10.3 Å². The number of halogens is 4. The molecule has 2 amide bonds. The van der Waals surface area contributed by atoms with Crippen LogP contribution in [-0.2, 0) is 22.2 Å². The normalized spacial score (nSPS) is 12.0. The van der Waals surface area contributed by atoms with Crippen molar-refractivity contribution in [3.63, 3.8) is 0 Å². The summed E-state index contributed by atoms with van der Waals surface area (Å²) in [5, 5.41) is 4.40. The van der Waals surface area contributed by atoms with Gasteiger partial charge in [-0.1, -0.05) is 24.3 Å². The average molecular weight is 477 g/mol. The molecule has 0 fully saturated rings. The molecule has 1 aromatic heterocycles. The standard InChI is InChI=1S/C23H19F4N3O4/c1-34-17-8-4-14(5-9-17)18(10-13-2-6-16(24)7-3-13)29-21(32)22(33)30-19-11-15(23(25,26)27)12-28-20(19)31/h2-9,11-12,18H,10H2,1H3,(H,28,31)(H,29,32)(H,30,33). The van der Waals surface area contributed by atoms with Gasteiger partial charge in [-0.3, -0.25) is 14.4 Å². The van der Waals surface area contributed by atoms with Crippen LogP contribution in [0.1, 0.15) is 22.7 Å². The highest BCUT2D eigenvalue weighted by Crippen LogP contribution is 2.29. The highest BCUT2D eigenvalue weighted by atomic mass is 19.4. The molecule has 0 aliphatic rings. The van der Waals surface area contributed by atoms with E-state index in [1.165, 1.54) is 31.4 Å². The van der Waals surface area contributed by atoms with E-state index in [0.717, 1.165) is 0 Å². The van der Waals surface area contributed by atoms with Crippen LogP contribution in [0.15, 0.2) is 65.6 Å². The zero-order chi connectivity index (χ0) is 24.9. The molecule has 0 bridgehead atoms. The van der Waals surface area contributed by atoms with E-state index >= 15 is 0 Å². The number of anilines is 1. The van der Waals surface area contributed by atoms with Crippen molar-refractivity contribution < 1.29 is 31.9 Å². The third kappa shape index (κ3) is 6.21. The average Bonchev–Trinajstić information content (AvgIpc) is 2.80. The number of methoxy groups -OCH3 is 1. The number of carbonyl (C=O) groups excluding carboxylic acids is 2. The molecule has 1 atom stereocenters. The highest BCUT2D eigenvalue weighted by molar-refractivity contribution is 6.39. The van der Waals surface area contributed by atoms with Crippen LogP contribution in [-0.4, -0.2) is 23.9 Å². The number of aromatic amines is 1. The molecule has 1 heterocycles. The smallest absolute Gasteiger partial charge is 0.417 e. The molecule has 3 N–H and O–H groups in total. The van der Waals surface area contributed by atoms with Crippen LogP contribution in [0.3, 0.4) is 0 Å². The highest BCUT2D eigenvalue weighted by Gasteiger charge is 2.32. The lowest BCUT2D eigenvalue weighted by atomic mass is 9.98. The molecule has 0 aliphatic heterocycles. The van der Waals surface area contributed by atoms with Gasteiger partial charge >= 0.3 is 18.0 Å². The third-order valence-corrected chi connectivity index (χ3v) is 4.86. The van der Waals surface area contributed by atoms with Crippen molar-refractivity contribution in [2.75, 3.05) is 12.4 Å². The molecule has 178 valence electrons. The van der Waals surface area contributed by atoms with E-state index in [9.17, 15) is 31.9 Å². The van der Waals surface area contributed by atoms with Gasteiger partial charge < -0.3 is 20.4 Å². The number of hydrogen-bond acceptors (Lipinski definition) is 4. The second kappa shape index (κ2) is 10.2. The molecule has 0 saturated carbocycles. The van der Waals surface area contributed by atoms with Gasteiger partial charge in [0.05, 0.1) is 18.7 Å². The summed E-state index contributed by atoms with van der Waals surface area (Å²) < 4.78 is 57.0. The minimum atomic E-state index is -4.76. The number of amides is 2. The molecular weight excluding hydrogens is 458 g/mol. The first-order valence-electron chi connectivity index (χ1n) is 9.87. The van der Waals surface area contributed by atoms with Crippen LogP contribution < -0.4 is 20.9 Å². The molecule has 34 heavy (non-hydrogen) atoms. The van der Waals surface area contributed by atoms with E-state index in [1.807, 2.05) is 10.3 Å². The van der Waals surface area contributed by atoms with E-state index in [2.05, 4.69) is 5.32 Å². The first kappa shape index (κ1) is 24.5. The first-order valence-corrected chi connectivity index (χ1v) is 9.87. The van der Waals surface area contributed by atoms with Crippen molar-refractivity contribution in [1.29, 1.82) is 0 Å². The fourth-order valence-electron chi connectivity index (χ4n) is 3.09. The summed E-state index contributed by atoms with van der Waals surface area (Å²) in [6, 6.07) is 11.8. The number of benzene rings is 2. The molecule has 3 aromatic rings. The number of ether oxygens (including phenoxy) is 1. The van der Waals surface area contributed by atoms with Crippen LogP contribution in [0.5, 0.6) is 5.75 Å². The van der Waals surface area contributed by atoms with Gasteiger partial charge in [-0.25, -0.2) is 4.39 Å². The van der Waals surface area contributed by atoms with Crippen molar-refractivity contribution in [3.8, 4) is 5.75 Å². The van der Waals surface area contributed by atoms with Gasteiger partial charge in [0.2, 0.25) is 0 Å². The number of carbonyl (C=O) groups is 2. The van der Waals surface area contributed by atoms with E-state index in [0.29, 0.717) is 29.1 Å². The zero-order valence-corrected chi connectivity index (χ0v) is 17.7. The van der Waals surface area contributed by atoms with Gasteiger partial charge in [0.15, 0.2) is 0 Å². The molecule has 0 spiro atoms. The van der Waals surface area contributed by atoms with Crippen molar-refractivity contribution in [3.05, 3.63) is 93.7 Å². The molecule has 0 radical (unpaired) electrons. The van der Waals surface area contributed by atoms with Gasteiger partial charge in [0, 0.05) is 6.20 Å². The maximum absolute atomic E-state index is 13.3. The second-order valence-electron chi connectivity index (χ2n) is 7.21. The van der Waals surface area contributed by atoms with Crippen molar-refractivity contribution in [2.24, 2.45) is 0 Å². The molecule has 1 unspecified atom stereocenters. The summed E-state index contributed by atoms with van der Waals surface area (Å²) in [6.07, 6.45) is -4.13. The lowest BCUT2D eigenvalue weighted by molar-refractivity contribution is -0.137. The monoisotopic (exact) mass is 477 g/mol. The number of aromatic nitrogens is 1. The Labute approximate surface area is 190 Å². The number of pyridine rings is 1. The summed E-state index contributed by atoms with van der Waals surface area (Å²) in [7, 11) is 1.48. The molecule has 0 saturated heterocycles. The van der Waals surface area contributed by atoms with Crippen LogP contribution in [0.4, 0.5) is 23.2 Å². The van der Waals surface area contributed by atoms with Crippen LogP contribution >= 0.6 is 0 Å². The van der Waals surface area contributed by atoms with Gasteiger partial charge in [0.25, 0.3) is 5.56 Å². The summed E-state index contributed by atoms with van der Waals surface area (Å²) in [5.74, 6) is -2.40. The predicted octanol–water partition coefficient (Wildman–Crippen LogP) is 3.58. The lowest BCUT2D eigenvalue weighted by Crippen LogP contribution is -2.39. The Hall–Kier alpha value is -4.15. The largest absolute Gasteiger partial charge is 0.497 e. The second-order valence-corrected chi connectivity index (χ2v) is 7.21. The number of alkyl halides is 3. The minimum absolute atomic E-state index is 0.176. The summed E-state index contributed by atoms with van der Waals surface area (Å²) >= 11 is 0. The van der Waals surface area contributed by atoms with Gasteiger partial charge in [-0.15, -0.1) is 0 Å².